The van der Waals surface area contributed by atoms with Gasteiger partial charge in [0.15, 0.2) is 0 Å². The molecule has 1 atom stereocenters. The number of aryl methyl sites for hydroxylation is 2. The second-order valence-electron chi connectivity index (χ2n) is 4.55. The predicted octanol–water partition coefficient (Wildman–Crippen LogP) is 2.37. The lowest BCUT2D eigenvalue weighted by Gasteiger charge is -2.19. The molecule has 0 saturated carbocycles. The molecule has 0 unspecified atom stereocenters. The zero-order valence-corrected chi connectivity index (χ0v) is 11.7. The average Bonchev–Trinajstić information content (AvgIpc) is 2.66. The maximum Gasteiger partial charge on any atom is 0.261 e. The first-order valence-electron chi connectivity index (χ1n) is 6.00. The minimum Gasteiger partial charge on any atom is -0.394 e. The van der Waals surface area contributed by atoms with Crippen LogP contribution in [0.5, 0.6) is 0 Å². The lowest BCUT2D eigenvalue weighted by atomic mass is 10.1. The molecule has 3 nitrogen and oxygen atoms in total. The number of aliphatic hydroxyl groups excluding tert-OH is 1. The van der Waals surface area contributed by atoms with Crippen molar-refractivity contribution in [2.75, 3.05) is 6.61 Å². The summed E-state index contributed by atoms with van der Waals surface area (Å²) < 4.78 is 0. The maximum absolute atomic E-state index is 12.0. The number of carbonyl (C=O) groups is 1. The van der Waals surface area contributed by atoms with Crippen molar-refractivity contribution in [3.8, 4) is 0 Å². The van der Waals surface area contributed by atoms with E-state index in [0.717, 1.165) is 11.3 Å². The Balaban J connectivity index is 2.75. The van der Waals surface area contributed by atoms with E-state index >= 15 is 0 Å². The Hall–Kier alpha value is -0.870. The summed E-state index contributed by atoms with van der Waals surface area (Å²) in [6, 6.07) is 1.78. The van der Waals surface area contributed by atoms with Crippen molar-refractivity contribution in [2.45, 2.75) is 40.2 Å². The normalized spacial score (nSPS) is 12.8. The highest BCUT2D eigenvalue weighted by atomic mass is 32.1. The lowest BCUT2D eigenvalue weighted by molar-refractivity contribution is 0.0901. The van der Waals surface area contributed by atoms with Crippen molar-refractivity contribution in [3.63, 3.8) is 0 Å². The molecule has 0 aliphatic heterocycles. The molecule has 0 aromatic carbocycles. The smallest absolute Gasteiger partial charge is 0.261 e. The van der Waals surface area contributed by atoms with E-state index < -0.39 is 0 Å². The van der Waals surface area contributed by atoms with Gasteiger partial charge in [0.1, 0.15) is 0 Å². The van der Waals surface area contributed by atoms with Crippen LogP contribution >= 0.6 is 11.3 Å². The third-order valence-corrected chi connectivity index (χ3v) is 4.03. The van der Waals surface area contributed by atoms with Crippen LogP contribution in [0.4, 0.5) is 0 Å². The molecule has 0 fully saturated rings. The molecule has 2 N–H and O–H groups in total. The monoisotopic (exact) mass is 255 g/mol. The van der Waals surface area contributed by atoms with E-state index in [9.17, 15) is 9.90 Å². The van der Waals surface area contributed by atoms with Crippen LogP contribution in [-0.4, -0.2) is 23.7 Å². The van der Waals surface area contributed by atoms with Gasteiger partial charge in [-0.3, -0.25) is 4.79 Å². The summed E-state index contributed by atoms with van der Waals surface area (Å²) in [5, 5.41) is 12.1. The largest absolute Gasteiger partial charge is 0.394 e. The fraction of sp³-hybridized carbons (Fsp3) is 0.615. The molecule has 1 rings (SSSR count). The second kappa shape index (κ2) is 6.17. The van der Waals surface area contributed by atoms with E-state index in [0.29, 0.717) is 0 Å². The molecule has 1 aromatic rings. The van der Waals surface area contributed by atoms with Crippen LogP contribution in [0.1, 0.15) is 40.9 Å². The molecule has 0 aliphatic carbocycles. The third-order valence-electron chi connectivity index (χ3n) is 2.94. The highest BCUT2D eigenvalue weighted by Gasteiger charge is 2.18. The van der Waals surface area contributed by atoms with Crippen molar-refractivity contribution in [3.05, 3.63) is 21.4 Å². The van der Waals surface area contributed by atoms with Crippen molar-refractivity contribution in [2.24, 2.45) is 5.92 Å². The van der Waals surface area contributed by atoms with E-state index in [2.05, 4.69) is 12.2 Å². The molecule has 1 heterocycles. The quantitative estimate of drug-likeness (QED) is 0.848. The van der Waals surface area contributed by atoms with E-state index in [4.69, 9.17) is 0 Å². The summed E-state index contributed by atoms with van der Waals surface area (Å²) in [4.78, 5) is 13.9. The van der Waals surface area contributed by atoms with E-state index in [1.165, 1.54) is 21.8 Å². The summed E-state index contributed by atoms with van der Waals surface area (Å²) in [6.45, 7) is 8.07. The summed E-state index contributed by atoms with van der Waals surface area (Å²) in [7, 11) is 0. The maximum atomic E-state index is 12.0. The minimum absolute atomic E-state index is 0.0194. The Morgan fingerprint density at radius 1 is 1.53 bits per heavy atom. The van der Waals surface area contributed by atoms with Gasteiger partial charge in [-0.25, -0.2) is 0 Å². The number of thiophene rings is 1. The van der Waals surface area contributed by atoms with Gasteiger partial charge in [-0.1, -0.05) is 20.8 Å². The first-order chi connectivity index (χ1) is 7.99. The van der Waals surface area contributed by atoms with Gasteiger partial charge >= 0.3 is 0 Å². The lowest BCUT2D eigenvalue weighted by Crippen LogP contribution is -2.40. The molecule has 1 amide bonds. The average molecular weight is 255 g/mol. The molecule has 4 heteroatoms. The number of carbonyl (C=O) groups excluding carboxylic acids is 1. The third kappa shape index (κ3) is 3.54. The number of amides is 1. The molecule has 0 radical (unpaired) electrons. The van der Waals surface area contributed by atoms with Gasteiger partial charge in [0, 0.05) is 4.88 Å². The molecule has 0 saturated heterocycles. The Kier molecular flexibility index (Phi) is 5.15. The molecule has 0 aliphatic rings. The van der Waals surface area contributed by atoms with Gasteiger partial charge in [-0.2, -0.15) is 0 Å². The topological polar surface area (TPSA) is 49.3 Å². The Morgan fingerprint density at radius 3 is 2.59 bits per heavy atom. The van der Waals surface area contributed by atoms with E-state index in [-0.39, 0.29) is 24.5 Å². The number of hydrogen-bond donors (Lipinski definition) is 2. The van der Waals surface area contributed by atoms with Gasteiger partial charge in [-0.05, 0) is 30.9 Å². The van der Waals surface area contributed by atoms with E-state index in [1.807, 2.05) is 26.8 Å². The summed E-state index contributed by atoms with van der Waals surface area (Å²) in [5.74, 6) is 0.154. The number of hydrogen-bond acceptors (Lipinski definition) is 3. The predicted molar refractivity (Wildman–Crippen MR) is 71.6 cm³/mol. The molecule has 1 aromatic heterocycles. The number of rotatable bonds is 5. The van der Waals surface area contributed by atoms with Crippen molar-refractivity contribution in [1.29, 1.82) is 0 Å². The van der Waals surface area contributed by atoms with Gasteiger partial charge in [0.05, 0.1) is 17.5 Å². The summed E-state index contributed by atoms with van der Waals surface area (Å²) in [6.07, 6.45) is 0.948. The van der Waals surface area contributed by atoms with Gasteiger partial charge < -0.3 is 10.4 Å². The Bertz CT molecular complexity index is 385. The van der Waals surface area contributed by atoms with Crippen LogP contribution < -0.4 is 5.32 Å². The van der Waals surface area contributed by atoms with Crippen LogP contribution in [0.25, 0.3) is 0 Å². The second-order valence-corrected chi connectivity index (χ2v) is 5.81. The molecular weight excluding hydrogens is 234 g/mol. The van der Waals surface area contributed by atoms with Crippen molar-refractivity contribution in [1.82, 2.24) is 5.32 Å². The SMILES string of the molecule is CCc1cc(C(=O)N[C@H](CO)C(C)C)sc1C. The first kappa shape index (κ1) is 14.2. The van der Waals surface area contributed by atoms with Crippen LogP contribution in [0.2, 0.25) is 0 Å². The van der Waals surface area contributed by atoms with Crippen LogP contribution in [0.15, 0.2) is 6.07 Å². The molecular formula is C13H21NO2S. The van der Waals surface area contributed by atoms with Crippen molar-refractivity contribution < 1.29 is 9.90 Å². The fourth-order valence-electron chi connectivity index (χ4n) is 1.65. The van der Waals surface area contributed by atoms with Crippen LogP contribution in [0, 0.1) is 12.8 Å². The molecule has 0 bridgehead atoms. The molecule has 17 heavy (non-hydrogen) atoms. The van der Waals surface area contributed by atoms with Gasteiger partial charge in [-0.15, -0.1) is 11.3 Å². The zero-order chi connectivity index (χ0) is 13.0. The highest BCUT2D eigenvalue weighted by Crippen LogP contribution is 2.22. The van der Waals surface area contributed by atoms with Gasteiger partial charge in [0.2, 0.25) is 0 Å². The zero-order valence-electron chi connectivity index (χ0n) is 10.9. The Morgan fingerprint density at radius 2 is 2.18 bits per heavy atom. The standard InChI is InChI=1S/C13H21NO2S/c1-5-10-6-12(17-9(10)4)13(16)14-11(7-15)8(2)3/h6,8,11,15H,5,7H2,1-4H3,(H,14,16)/t11-/m1/s1. The molecule has 0 spiro atoms. The fourth-order valence-corrected chi connectivity index (χ4v) is 2.66. The molecule has 96 valence electrons. The van der Waals surface area contributed by atoms with Crippen LogP contribution in [0.3, 0.4) is 0 Å². The summed E-state index contributed by atoms with van der Waals surface area (Å²) >= 11 is 1.52. The van der Waals surface area contributed by atoms with Gasteiger partial charge in [0.25, 0.3) is 5.91 Å². The van der Waals surface area contributed by atoms with Crippen LogP contribution in [-0.2, 0) is 6.42 Å². The Labute approximate surface area is 107 Å². The van der Waals surface area contributed by atoms with E-state index in [1.54, 1.807) is 0 Å². The first-order valence-corrected chi connectivity index (χ1v) is 6.82. The highest BCUT2D eigenvalue weighted by molar-refractivity contribution is 7.14. The minimum atomic E-state index is -0.171. The number of aliphatic hydroxyl groups is 1. The van der Waals surface area contributed by atoms with Crippen molar-refractivity contribution >= 4 is 17.2 Å². The summed E-state index contributed by atoms with van der Waals surface area (Å²) in [5.41, 5.74) is 1.23. The number of nitrogens with one attached hydrogen (secondary N) is 1.